The van der Waals surface area contributed by atoms with E-state index in [0.717, 1.165) is 84.8 Å². The number of benzene rings is 2. The van der Waals surface area contributed by atoms with Crippen molar-refractivity contribution in [1.29, 1.82) is 0 Å². The maximum Gasteiger partial charge on any atom is 0.513 e. The maximum absolute atomic E-state index is 12.9. The van der Waals surface area contributed by atoms with Gasteiger partial charge in [0.2, 0.25) is 0 Å². The number of hydrogen-bond donors (Lipinski definition) is 0. The molecule has 42 heavy (non-hydrogen) atoms. The van der Waals surface area contributed by atoms with Crippen molar-refractivity contribution in [1.82, 2.24) is 0 Å². The summed E-state index contributed by atoms with van der Waals surface area (Å²) in [6.45, 7) is 5.03. The topological polar surface area (TPSA) is 71.1 Å². The number of carbonyl (C=O) groups excluding carboxylic acids is 2. The first kappa shape index (κ1) is 31.4. The molecular weight excluding hydrogens is 528 g/mol. The van der Waals surface area contributed by atoms with Crippen LogP contribution in [0.15, 0.2) is 60.0 Å². The van der Waals surface area contributed by atoms with Gasteiger partial charge in [-0.05, 0) is 47.9 Å². The molecule has 6 nitrogen and oxygen atoms in total. The van der Waals surface area contributed by atoms with E-state index >= 15 is 0 Å². The molecule has 0 amide bonds. The molecule has 0 saturated heterocycles. The fourth-order valence-corrected chi connectivity index (χ4v) is 5.75. The Morgan fingerprint density at radius 3 is 1.38 bits per heavy atom. The Bertz CT molecular complexity index is 1160. The first-order valence-corrected chi connectivity index (χ1v) is 15.9. The van der Waals surface area contributed by atoms with Crippen LogP contribution in [0.2, 0.25) is 0 Å². The first-order chi connectivity index (χ1) is 20.6. The molecule has 0 unspecified atom stereocenters. The van der Waals surface area contributed by atoms with Crippen LogP contribution in [0.4, 0.5) is 9.59 Å². The van der Waals surface area contributed by atoms with Crippen molar-refractivity contribution in [3.8, 4) is 0 Å². The summed E-state index contributed by atoms with van der Waals surface area (Å²) >= 11 is 0. The molecule has 0 N–H and O–H groups in total. The van der Waals surface area contributed by atoms with E-state index in [0.29, 0.717) is 37.6 Å². The van der Waals surface area contributed by atoms with E-state index in [9.17, 15) is 9.59 Å². The van der Waals surface area contributed by atoms with E-state index in [1.54, 1.807) is 0 Å². The minimum absolute atomic E-state index is 0.339. The molecule has 0 heterocycles. The Kier molecular flexibility index (Phi) is 12.6. The van der Waals surface area contributed by atoms with Crippen molar-refractivity contribution in [2.75, 3.05) is 13.2 Å². The lowest BCUT2D eigenvalue weighted by molar-refractivity contribution is 0.0720. The summed E-state index contributed by atoms with van der Waals surface area (Å²) in [4.78, 5) is 25.7. The molecule has 226 valence electrons. The van der Waals surface area contributed by atoms with Crippen molar-refractivity contribution < 1.29 is 28.5 Å². The molecule has 4 rings (SSSR count). The summed E-state index contributed by atoms with van der Waals surface area (Å²) in [6.07, 6.45) is 11.9. The number of carbonyl (C=O) groups is 2. The largest absolute Gasteiger partial charge is 0.513 e. The average Bonchev–Trinajstić information content (AvgIpc) is 3.01. The van der Waals surface area contributed by atoms with Gasteiger partial charge in [0.1, 0.15) is 11.5 Å². The lowest BCUT2D eigenvalue weighted by Gasteiger charge is -2.29. The molecule has 2 aromatic carbocycles. The van der Waals surface area contributed by atoms with Crippen molar-refractivity contribution in [2.24, 2.45) is 0 Å². The van der Waals surface area contributed by atoms with Crippen LogP contribution in [0.25, 0.3) is 11.1 Å². The number of fused-ring (bicyclic) bond motifs is 2. The normalized spacial score (nSPS) is 14.2. The van der Waals surface area contributed by atoms with Crippen molar-refractivity contribution in [2.45, 2.75) is 104 Å². The molecule has 0 spiro atoms. The molecule has 2 aromatic rings. The van der Waals surface area contributed by atoms with Gasteiger partial charge in [-0.1, -0.05) is 114 Å². The van der Waals surface area contributed by atoms with Crippen molar-refractivity contribution in [3.63, 3.8) is 0 Å². The minimum Gasteiger partial charge on any atom is -0.434 e. The molecule has 0 radical (unpaired) electrons. The number of ether oxygens (including phenoxy) is 4. The fourth-order valence-electron chi connectivity index (χ4n) is 5.75. The lowest BCUT2D eigenvalue weighted by atomic mass is 9.78. The molecule has 0 aliphatic heterocycles. The zero-order valence-electron chi connectivity index (χ0n) is 25.4. The van der Waals surface area contributed by atoms with Gasteiger partial charge < -0.3 is 18.9 Å². The Morgan fingerprint density at radius 1 is 0.548 bits per heavy atom. The molecular formula is C36H46O6. The summed E-state index contributed by atoms with van der Waals surface area (Å²) in [5.41, 5.74) is 5.84. The number of allylic oxidation sites excluding steroid dienone is 4. The standard InChI is InChI=1S/C36H46O6/c1-3-5-7-9-15-25-39-35(37)41-31-23-21-27-17-11-13-19-29(27)33(31)34-30-20-14-12-18-28(30)22-24-32(34)42-36(38)40-26-16-10-8-6-4-2/h11-14,17-20H,3-10,15-16,21-26H2,1-2H3. The van der Waals surface area contributed by atoms with E-state index in [2.05, 4.69) is 26.0 Å². The first-order valence-electron chi connectivity index (χ1n) is 15.9. The Morgan fingerprint density at radius 2 is 0.952 bits per heavy atom. The predicted molar refractivity (Wildman–Crippen MR) is 166 cm³/mol. The van der Waals surface area contributed by atoms with Crippen LogP contribution in [-0.4, -0.2) is 25.5 Å². The highest BCUT2D eigenvalue weighted by molar-refractivity contribution is 6.09. The molecule has 0 fully saturated rings. The third kappa shape index (κ3) is 8.73. The highest BCUT2D eigenvalue weighted by Crippen LogP contribution is 2.46. The van der Waals surface area contributed by atoms with Crippen LogP contribution in [0.5, 0.6) is 0 Å². The van der Waals surface area contributed by atoms with Gasteiger partial charge in [0.05, 0.1) is 13.2 Å². The lowest BCUT2D eigenvalue weighted by Crippen LogP contribution is -2.18. The van der Waals surface area contributed by atoms with Gasteiger partial charge in [-0.2, -0.15) is 0 Å². The van der Waals surface area contributed by atoms with E-state index in [1.165, 1.54) is 25.7 Å². The van der Waals surface area contributed by atoms with Gasteiger partial charge in [-0.3, -0.25) is 0 Å². The predicted octanol–water partition coefficient (Wildman–Crippen LogP) is 9.95. The van der Waals surface area contributed by atoms with Crippen LogP contribution in [0.3, 0.4) is 0 Å². The van der Waals surface area contributed by atoms with Gasteiger partial charge in [-0.15, -0.1) is 0 Å². The van der Waals surface area contributed by atoms with Crippen LogP contribution < -0.4 is 0 Å². The summed E-state index contributed by atoms with van der Waals surface area (Å²) in [6, 6.07) is 16.3. The van der Waals surface area contributed by atoms with E-state index in [4.69, 9.17) is 18.9 Å². The molecule has 0 atom stereocenters. The maximum atomic E-state index is 12.9. The second-order valence-electron chi connectivity index (χ2n) is 11.1. The molecule has 0 aromatic heterocycles. The molecule has 0 bridgehead atoms. The van der Waals surface area contributed by atoms with Gasteiger partial charge in [-0.25, -0.2) is 9.59 Å². The van der Waals surface area contributed by atoms with Gasteiger partial charge in [0, 0.05) is 24.0 Å². The second kappa shape index (κ2) is 16.8. The van der Waals surface area contributed by atoms with Crippen molar-refractivity contribution in [3.05, 3.63) is 82.3 Å². The monoisotopic (exact) mass is 574 g/mol. The molecule has 0 saturated carbocycles. The van der Waals surface area contributed by atoms with E-state index in [1.807, 2.05) is 36.4 Å². The van der Waals surface area contributed by atoms with Gasteiger partial charge in [0.25, 0.3) is 0 Å². The average molecular weight is 575 g/mol. The molecule has 2 aliphatic carbocycles. The molecule has 6 heteroatoms. The van der Waals surface area contributed by atoms with Gasteiger partial charge >= 0.3 is 12.3 Å². The zero-order valence-corrected chi connectivity index (χ0v) is 25.4. The third-order valence-corrected chi connectivity index (χ3v) is 7.97. The summed E-state index contributed by atoms with van der Waals surface area (Å²) in [5, 5.41) is 0. The quantitative estimate of drug-likeness (QED) is 0.156. The number of aryl methyl sites for hydroxylation is 2. The number of rotatable bonds is 15. The van der Waals surface area contributed by atoms with Gasteiger partial charge in [0.15, 0.2) is 0 Å². The third-order valence-electron chi connectivity index (χ3n) is 7.97. The Labute approximate surface area is 251 Å². The molecule has 2 aliphatic rings. The fraction of sp³-hybridized carbons (Fsp3) is 0.500. The van der Waals surface area contributed by atoms with Crippen LogP contribution in [-0.2, 0) is 31.8 Å². The minimum atomic E-state index is -0.688. The zero-order chi connectivity index (χ0) is 29.6. The van der Waals surface area contributed by atoms with E-state index < -0.39 is 12.3 Å². The van der Waals surface area contributed by atoms with Crippen LogP contribution in [0, 0.1) is 0 Å². The van der Waals surface area contributed by atoms with Crippen LogP contribution >= 0.6 is 0 Å². The number of hydrogen-bond acceptors (Lipinski definition) is 6. The smallest absolute Gasteiger partial charge is 0.434 e. The number of unbranched alkanes of at least 4 members (excludes halogenated alkanes) is 8. The van der Waals surface area contributed by atoms with E-state index in [-0.39, 0.29) is 0 Å². The summed E-state index contributed by atoms with van der Waals surface area (Å²) in [5.74, 6) is 1.09. The summed E-state index contributed by atoms with van der Waals surface area (Å²) < 4.78 is 22.8. The highest BCUT2D eigenvalue weighted by Gasteiger charge is 2.32. The van der Waals surface area contributed by atoms with Crippen molar-refractivity contribution >= 4 is 23.5 Å². The highest BCUT2D eigenvalue weighted by atomic mass is 16.7. The van der Waals surface area contributed by atoms with Crippen LogP contribution in [0.1, 0.15) is 113 Å². The Hall–Kier alpha value is -3.54. The summed E-state index contributed by atoms with van der Waals surface area (Å²) in [7, 11) is 0. The SMILES string of the molecule is CCCCCCCOC(=O)OC1=C(C2=C(OC(=O)OCCCCCCC)CCc3ccccc32)c2ccccc2CC1. The second-order valence-corrected chi connectivity index (χ2v) is 11.1. The Balaban J connectivity index is 1.61.